The molecule has 8 heteroatoms. The van der Waals surface area contributed by atoms with E-state index in [-0.39, 0.29) is 0 Å². The Bertz CT molecular complexity index is 878. The van der Waals surface area contributed by atoms with Gasteiger partial charge in [-0.05, 0) is 49.5 Å². The Morgan fingerprint density at radius 3 is 2.73 bits per heavy atom. The van der Waals surface area contributed by atoms with E-state index in [9.17, 15) is 0 Å². The highest BCUT2D eigenvalue weighted by atomic mass is 16.5. The lowest BCUT2D eigenvalue weighted by Crippen LogP contribution is -2.37. The van der Waals surface area contributed by atoms with E-state index >= 15 is 0 Å². The Balaban J connectivity index is 1.36. The van der Waals surface area contributed by atoms with Gasteiger partial charge in [-0.1, -0.05) is 6.07 Å². The van der Waals surface area contributed by atoms with Crippen LogP contribution in [0.15, 0.2) is 24.5 Å². The fraction of sp³-hybridized carbons (Fsp3) is 0.545. The molecular weight excluding hydrogens is 380 g/mol. The number of rotatable bonds is 4. The smallest absolute Gasteiger partial charge is 0.143 e. The first-order valence-corrected chi connectivity index (χ1v) is 10.9. The Morgan fingerprint density at radius 2 is 1.93 bits per heavy atom. The highest BCUT2D eigenvalue weighted by Crippen LogP contribution is 2.39. The van der Waals surface area contributed by atoms with Crippen molar-refractivity contribution in [2.24, 2.45) is 5.73 Å². The number of morpholine rings is 1. The Kier molecular flexibility index (Phi) is 5.70. The van der Waals surface area contributed by atoms with Gasteiger partial charge in [0.15, 0.2) is 0 Å². The van der Waals surface area contributed by atoms with Gasteiger partial charge in [-0.15, -0.1) is 0 Å². The number of nitrogens with zero attached hydrogens (tertiary/aromatic N) is 4. The van der Waals surface area contributed by atoms with Gasteiger partial charge in [0.2, 0.25) is 0 Å². The van der Waals surface area contributed by atoms with E-state index in [4.69, 9.17) is 15.2 Å². The Morgan fingerprint density at radius 1 is 1.10 bits per heavy atom. The maximum Gasteiger partial charge on any atom is 0.143 e. The highest BCUT2D eigenvalue weighted by molar-refractivity contribution is 5.71. The average molecular weight is 411 g/mol. The molecule has 1 aromatic carbocycles. The van der Waals surface area contributed by atoms with Gasteiger partial charge >= 0.3 is 0 Å². The molecule has 0 amide bonds. The summed E-state index contributed by atoms with van der Waals surface area (Å²) in [6, 6.07) is 6.55. The first-order valence-electron chi connectivity index (χ1n) is 10.9. The lowest BCUT2D eigenvalue weighted by atomic mass is 9.89. The number of piperidine rings is 1. The number of nitrogens with one attached hydrogen (secondary N) is 1. The van der Waals surface area contributed by atoms with Crippen LogP contribution in [0.5, 0.6) is 5.75 Å². The molecule has 2 saturated heterocycles. The summed E-state index contributed by atoms with van der Waals surface area (Å²) < 4.78 is 11.7. The zero-order chi connectivity index (χ0) is 20.3. The standard InChI is InChI=1S/C22H30N6O2/c23-5-8-27-6-3-16(4-7-27)17-1-2-20-19(13-17)26-21-18(14-30-20)22(25-15-24-21)28-9-11-29-12-10-28/h1-2,13,15-16H,3-12,14,23H2,(H,24,25,26). The third-order valence-corrected chi connectivity index (χ3v) is 6.37. The molecule has 3 aliphatic rings. The number of likely N-dealkylation sites (tertiary alicyclic amines) is 1. The predicted octanol–water partition coefficient (Wildman–Crippen LogP) is 2.09. The summed E-state index contributed by atoms with van der Waals surface area (Å²) in [5.41, 5.74) is 9.07. The zero-order valence-corrected chi connectivity index (χ0v) is 17.3. The van der Waals surface area contributed by atoms with Crippen molar-refractivity contribution in [2.75, 3.05) is 62.7 Å². The molecule has 1 aromatic heterocycles. The van der Waals surface area contributed by atoms with Crippen LogP contribution in [0.3, 0.4) is 0 Å². The lowest BCUT2D eigenvalue weighted by molar-refractivity contribution is 0.122. The normalized spacial score (nSPS) is 20.0. The molecule has 0 unspecified atom stereocenters. The molecule has 8 nitrogen and oxygen atoms in total. The number of anilines is 3. The van der Waals surface area contributed by atoms with Crippen molar-refractivity contribution in [3.8, 4) is 5.75 Å². The number of benzene rings is 1. The number of hydrogen-bond acceptors (Lipinski definition) is 8. The largest absolute Gasteiger partial charge is 0.486 e. The maximum atomic E-state index is 6.18. The van der Waals surface area contributed by atoms with Crippen LogP contribution in [0.2, 0.25) is 0 Å². The minimum Gasteiger partial charge on any atom is -0.486 e. The van der Waals surface area contributed by atoms with Crippen LogP contribution >= 0.6 is 0 Å². The van der Waals surface area contributed by atoms with Gasteiger partial charge in [-0.3, -0.25) is 0 Å². The molecule has 160 valence electrons. The minimum atomic E-state index is 0.458. The second kappa shape index (κ2) is 8.75. The van der Waals surface area contributed by atoms with Gasteiger partial charge in [0.05, 0.1) is 24.5 Å². The summed E-state index contributed by atoms with van der Waals surface area (Å²) in [6.07, 6.45) is 3.97. The van der Waals surface area contributed by atoms with Crippen molar-refractivity contribution in [1.82, 2.24) is 14.9 Å². The van der Waals surface area contributed by atoms with Gasteiger partial charge < -0.3 is 30.3 Å². The molecule has 0 bridgehead atoms. The summed E-state index contributed by atoms with van der Waals surface area (Å²) in [6.45, 7) is 7.53. The second-order valence-electron chi connectivity index (χ2n) is 8.20. The van der Waals surface area contributed by atoms with Gasteiger partial charge in [-0.25, -0.2) is 9.97 Å². The molecule has 4 heterocycles. The van der Waals surface area contributed by atoms with E-state index in [1.165, 1.54) is 18.4 Å². The predicted molar refractivity (Wildman–Crippen MR) is 117 cm³/mol. The molecule has 30 heavy (non-hydrogen) atoms. The molecule has 2 fully saturated rings. The first kappa shape index (κ1) is 19.5. The van der Waals surface area contributed by atoms with Crippen LogP contribution in [-0.2, 0) is 11.3 Å². The number of ether oxygens (including phenoxy) is 2. The fourth-order valence-electron chi connectivity index (χ4n) is 4.67. The van der Waals surface area contributed by atoms with E-state index in [0.717, 1.165) is 81.1 Å². The van der Waals surface area contributed by atoms with Crippen molar-refractivity contribution in [2.45, 2.75) is 25.4 Å². The monoisotopic (exact) mass is 410 g/mol. The van der Waals surface area contributed by atoms with Crippen molar-refractivity contribution in [3.05, 3.63) is 35.7 Å². The fourth-order valence-corrected chi connectivity index (χ4v) is 4.67. The van der Waals surface area contributed by atoms with Crippen LogP contribution in [0, 0.1) is 0 Å². The van der Waals surface area contributed by atoms with E-state index < -0.39 is 0 Å². The topological polar surface area (TPSA) is 88.8 Å². The molecule has 0 radical (unpaired) electrons. The third kappa shape index (κ3) is 3.95. The number of nitrogens with two attached hydrogens (primary N) is 1. The molecule has 0 atom stereocenters. The average Bonchev–Trinajstić information content (AvgIpc) is 2.99. The van der Waals surface area contributed by atoms with Crippen LogP contribution in [0.25, 0.3) is 0 Å². The molecule has 3 N–H and O–H groups in total. The molecule has 2 aromatic rings. The summed E-state index contributed by atoms with van der Waals surface area (Å²) in [5.74, 6) is 3.21. The quantitative estimate of drug-likeness (QED) is 0.792. The van der Waals surface area contributed by atoms with Crippen LogP contribution in [0.1, 0.15) is 29.9 Å². The molecule has 5 rings (SSSR count). The van der Waals surface area contributed by atoms with Gasteiger partial charge in [0, 0.05) is 26.2 Å². The van der Waals surface area contributed by atoms with Crippen molar-refractivity contribution >= 4 is 17.3 Å². The van der Waals surface area contributed by atoms with Crippen molar-refractivity contribution in [1.29, 1.82) is 0 Å². The molecular formula is C22H30N6O2. The summed E-state index contributed by atoms with van der Waals surface area (Å²) in [4.78, 5) is 13.8. The van der Waals surface area contributed by atoms with Gasteiger partial charge in [-0.2, -0.15) is 0 Å². The minimum absolute atomic E-state index is 0.458. The number of fused-ring (bicyclic) bond motifs is 2. The Hall–Kier alpha value is -2.42. The molecule has 0 spiro atoms. The van der Waals surface area contributed by atoms with E-state index in [1.54, 1.807) is 6.33 Å². The maximum absolute atomic E-state index is 6.18. The Labute approximate surface area is 177 Å². The summed E-state index contributed by atoms with van der Waals surface area (Å²) in [5, 5.41) is 3.53. The lowest BCUT2D eigenvalue weighted by Gasteiger charge is -2.32. The highest BCUT2D eigenvalue weighted by Gasteiger charge is 2.25. The zero-order valence-electron chi connectivity index (χ0n) is 17.3. The summed E-state index contributed by atoms with van der Waals surface area (Å²) in [7, 11) is 0. The third-order valence-electron chi connectivity index (χ3n) is 6.37. The summed E-state index contributed by atoms with van der Waals surface area (Å²) >= 11 is 0. The van der Waals surface area contributed by atoms with Gasteiger partial charge in [0.25, 0.3) is 0 Å². The number of aromatic nitrogens is 2. The van der Waals surface area contributed by atoms with Crippen LogP contribution in [-0.4, -0.2) is 67.4 Å². The van der Waals surface area contributed by atoms with Crippen LogP contribution in [0.4, 0.5) is 17.3 Å². The van der Waals surface area contributed by atoms with E-state index in [2.05, 4.69) is 43.3 Å². The van der Waals surface area contributed by atoms with E-state index in [1.807, 2.05) is 0 Å². The molecule has 0 saturated carbocycles. The van der Waals surface area contributed by atoms with E-state index in [0.29, 0.717) is 12.5 Å². The first-order chi connectivity index (χ1) is 14.8. The van der Waals surface area contributed by atoms with Crippen molar-refractivity contribution in [3.63, 3.8) is 0 Å². The van der Waals surface area contributed by atoms with Crippen LogP contribution < -0.4 is 20.7 Å². The number of hydrogen-bond donors (Lipinski definition) is 2. The van der Waals surface area contributed by atoms with Crippen molar-refractivity contribution < 1.29 is 9.47 Å². The molecule has 0 aliphatic carbocycles. The van der Waals surface area contributed by atoms with Gasteiger partial charge in [0.1, 0.15) is 30.3 Å². The SMILES string of the molecule is NCCN1CCC(c2ccc3c(c2)Nc2ncnc(N4CCOCC4)c2CO3)CC1. The molecule has 3 aliphatic heterocycles. The second-order valence-corrected chi connectivity index (χ2v) is 8.20.